The maximum absolute atomic E-state index is 12.9. The summed E-state index contributed by atoms with van der Waals surface area (Å²) in [7, 11) is 0. The van der Waals surface area contributed by atoms with Gasteiger partial charge in [-0.05, 0) is 22.6 Å². The average Bonchev–Trinajstić information content (AvgIpc) is 3.17. The van der Waals surface area contributed by atoms with E-state index in [1.54, 1.807) is 17.5 Å². The first-order valence-corrected chi connectivity index (χ1v) is 10.6. The largest absolute Gasteiger partial charge is 1.00 e. The topological polar surface area (TPSA) is 194 Å². The number of carboxylic acids is 1. The van der Waals surface area contributed by atoms with Crippen molar-refractivity contribution < 1.29 is 67.9 Å². The summed E-state index contributed by atoms with van der Waals surface area (Å²) in [6.07, 6.45) is -1.15. The van der Waals surface area contributed by atoms with Gasteiger partial charge in [0.05, 0.1) is 18.1 Å². The second-order valence-electron chi connectivity index (χ2n) is 6.27. The first-order valence-electron chi connectivity index (χ1n) is 8.32. The van der Waals surface area contributed by atoms with E-state index in [-0.39, 0.29) is 48.0 Å². The smallest absolute Gasteiger partial charge is 0.614 e. The van der Waals surface area contributed by atoms with Gasteiger partial charge >= 0.3 is 35.7 Å². The van der Waals surface area contributed by atoms with Crippen LogP contribution in [0.25, 0.3) is 0 Å². The molecule has 1 unspecified atom stereocenters. The fourth-order valence-electron chi connectivity index (χ4n) is 3.28. The van der Waals surface area contributed by atoms with Gasteiger partial charge in [-0.15, -0.1) is 11.3 Å². The van der Waals surface area contributed by atoms with Crippen molar-refractivity contribution >= 4 is 52.8 Å². The average molecular weight is 478 g/mol. The Balaban J connectivity index is 0.00000341. The molecule has 1 aromatic heterocycles. The van der Waals surface area contributed by atoms with Gasteiger partial charge in [-0.25, -0.2) is 4.79 Å². The number of rotatable bonds is 8. The van der Waals surface area contributed by atoms with Gasteiger partial charge in [-0.1, -0.05) is 6.07 Å². The Bertz CT molecular complexity index is 940. The molecule has 0 saturated carbocycles. The molecule has 1 aromatic rings. The second kappa shape index (κ2) is 10.0. The number of nitrogens with zero attached hydrogens (tertiary/aromatic N) is 1. The zero-order valence-corrected chi connectivity index (χ0v) is 19.7. The molecule has 160 valence electrons. The summed E-state index contributed by atoms with van der Waals surface area (Å²) in [6.45, 7) is -0.611. The normalized spacial score (nSPS) is 24.3. The summed E-state index contributed by atoms with van der Waals surface area (Å²) >= 11 is -0.665. The first kappa shape index (κ1) is 25.2. The summed E-state index contributed by atoms with van der Waals surface area (Å²) in [5.74, 6) is -3.85. The molecule has 3 heterocycles. The van der Waals surface area contributed by atoms with Crippen LogP contribution in [0.4, 0.5) is 4.79 Å². The number of hydrogen-bond acceptors (Lipinski definition) is 9. The van der Waals surface area contributed by atoms with Crippen LogP contribution in [0.5, 0.6) is 0 Å². The van der Waals surface area contributed by atoms with Crippen molar-refractivity contribution in [2.24, 2.45) is 5.73 Å². The number of carbonyl (C=O) groups is 5. The van der Waals surface area contributed by atoms with Gasteiger partial charge in [0, 0.05) is 10.5 Å². The molecule has 2 aliphatic rings. The zero-order valence-electron chi connectivity index (χ0n) is 16.1. The Morgan fingerprint density at radius 3 is 2.71 bits per heavy atom. The zero-order chi connectivity index (χ0) is 22.1. The minimum atomic E-state index is -2.09. The molecule has 12 nitrogen and oxygen atoms in total. The number of fused-ring (bicyclic) bond motifs is 1. The number of amides is 4. The molecule has 2 aliphatic heterocycles. The van der Waals surface area contributed by atoms with Crippen molar-refractivity contribution in [1.29, 1.82) is 0 Å². The van der Waals surface area contributed by atoms with Crippen molar-refractivity contribution in [3.05, 3.63) is 33.7 Å². The molecule has 0 spiro atoms. The van der Waals surface area contributed by atoms with Crippen LogP contribution in [0.3, 0.4) is 0 Å². The third-order valence-electron chi connectivity index (χ3n) is 4.42. The van der Waals surface area contributed by atoms with E-state index < -0.39 is 64.1 Å². The maximum atomic E-state index is 12.9. The Kier molecular flexibility index (Phi) is 8.13. The Morgan fingerprint density at radius 2 is 2.16 bits per heavy atom. The van der Waals surface area contributed by atoms with Crippen LogP contribution in [0.1, 0.15) is 4.88 Å². The van der Waals surface area contributed by atoms with Gasteiger partial charge in [-0.3, -0.25) is 19.3 Å². The number of ether oxygens (including phenoxy) is 1. The van der Waals surface area contributed by atoms with Gasteiger partial charge in [0.15, 0.2) is 0 Å². The van der Waals surface area contributed by atoms with Crippen molar-refractivity contribution in [3.63, 3.8) is 0 Å². The molecule has 0 aromatic carbocycles. The summed E-state index contributed by atoms with van der Waals surface area (Å²) in [5.41, 5.74) is 1.97. The Labute approximate surface area is 204 Å². The molecule has 4 amide bonds. The molecule has 0 radical (unpaired) electrons. The van der Waals surface area contributed by atoms with E-state index in [1.165, 1.54) is 11.3 Å². The first-order chi connectivity index (χ1) is 14.2. The molecule has 1 saturated heterocycles. The number of nitrogens with one attached hydrogen (secondary N) is 2. The number of carbonyl (C=O) groups excluding carboxylic acids is 5. The van der Waals surface area contributed by atoms with Crippen molar-refractivity contribution in [3.8, 4) is 0 Å². The minimum Gasteiger partial charge on any atom is -0.614 e. The number of primary amides is 1. The molecule has 1 fully saturated rings. The third-order valence-corrected chi connectivity index (χ3v) is 6.99. The third kappa shape index (κ3) is 4.73. The van der Waals surface area contributed by atoms with Crippen LogP contribution >= 0.6 is 11.3 Å². The fraction of sp³-hybridized carbons (Fsp3) is 0.312. The molecule has 0 aliphatic carbocycles. The minimum absolute atomic E-state index is 0. The van der Waals surface area contributed by atoms with Crippen molar-refractivity contribution in [2.45, 2.75) is 17.5 Å². The molecule has 3 atom stereocenters. The van der Waals surface area contributed by atoms with Crippen LogP contribution in [-0.2, 0) is 41.5 Å². The quantitative estimate of drug-likeness (QED) is 0.108. The van der Waals surface area contributed by atoms with Gasteiger partial charge < -0.3 is 35.6 Å². The number of thiophene rings is 1. The number of aliphatic carboxylic acids is 1. The second-order valence-corrected chi connectivity index (χ2v) is 8.80. The molecule has 0 bridgehead atoms. The van der Waals surface area contributed by atoms with Crippen molar-refractivity contribution in [2.75, 3.05) is 12.4 Å². The van der Waals surface area contributed by atoms with Gasteiger partial charge in [0.25, 0.3) is 11.6 Å². The fourth-order valence-corrected chi connectivity index (χ4v) is 5.76. The monoisotopic (exact) mass is 478 g/mol. The van der Waals surface area contributed by atoms with E-state index in [2.05, 4.69) is 15.4 Å². The summed E-state index contributed by atoms with van der Waals surface area (Å²) in [5, 5.41) is 16.5. The predicted octanol–water partition coefficient (Wildman–Crippen LogP) is -6.12. The number of nitrogens with two attached hydrogens (primary N) is 1. The standard InChI is InChI=1S/C16H16N4O8S2.Na/c17-15(26)28-5-8-6-30(27)14-16(18-7-21,13(25)20(14)11(8)12(23)24)19-10(22)4-9-2-1-3-29-9;/h1-3,7,14H,4-6H2,(H2,17,26)(H,18,21)(H,19,22)(H,23,24);/q;+1/p-1/t14-,16+,30?;/m0./s1. The summed E-state index contributed by atoms with van der Waals surface area (Å²) < 4.78 is 17.4. The van der Waals surface area contributed by atoms with Gasteiger partial charge in [-0.2, -0.15) is 0 Å². The predicted molar refractivity (Wildman–Crippen MR) is 99.3 cm³/mol. The van der Waals surface area contributed by atoms with E-state index in [4.69, 9.17) is 5.73 Å². The van der Waals surface area contributed by atoms with Crippen LogP contribution in [0, 0.1) is 0 Å². The molecule has 15 heteroatoms. The molecule has 3 rings (SSSR count). The van der Waals surface area contributed by atoms with Gasteiger partial charge in [0.1, 0.15) is 12.4 Å². The van der Waals surface area contributed by atoms with E-state index in [0.29, 0.717) is 9.78 Å². The maximum Gasteiger partial charge on any atom is 1.00 e. The van der Waals surface area contributed by atoms with E-state index >= 15 is 0 Å². The van der Waals surface area contributed by atoms with E-state index in [1.807, 2.05) is 0 Å². The van der Waals surface area contributed by atoms with E-state index in [0.717, 1.165) is 0 Å². The SMILES string of the molecule is NC(=O)OCC1=C(C(=O)[O-])N2C(=O)[C@@](NC=O)(NC(=O)Cc3cccs3)[C@@H]2[S+]([O-])C1.[Na+]. The number of hydrogen-bond donors (Lipinski definition) is 3. The van der Waals surface area contributed by atoms with Crippen LogP contribution < -0.4 is 51.0 Å². The molecular weight excluding hydrogens is 463 g/mol. The Morgan fingerprint density at radius 1 is 1.45 bits per heavy atom. The number of β-lactam (4-membered cyclic amide) rings is 1. The molecule has 31 heavy (non-hydrogen) atoms. The van der Waals surface area contributed by atoms with E-state index in [9.17, 15) is 33.6 Å². The summed E-state index contributed by atoms with van der Waals surface area (Å²) in [6, 6.07) is 3.42. The van der Waals surface area contributed by atoms with Crippen LogP contribution in [-0.4, -0.2) is 63.1 Å². The number of carboxylic acid groups (broad SMARTS) is 1. The summed E-state index contributed by atoms with van der Waals surface area (Å²) in [4.78, 5) is 60.3. The van der Waals surface area contributed by atoms with Crippen molar-refractivity contribution in [1.82, 2.24) is 15.5 Å². The Hall–Kier alpha value is -2.10. The van der Waals surface area contributed by atoms with Crippen LogP contribution in [0.2, 0.25) is 0 Å². The molecular formula is C16H15N4NaO8S2. The van der Waals surface area contributed by atoms with Gasteiger partial charge in [0.2, 0.25) is 17.7 Å². The van der Waals surface area contributed by atoms with Crippen LogP contribution in [0.15, 0.2) is 28.8 Å². The molecule has 4 N–H and O–H groups in total.